The van der Waals surface area contributed by atoms with Crippen molar-refractivity contribution in [3.05, 3.63) is 119 Å². The van der Waals surface area contributed by atoms with Gasteiger partial charge in [0.25, 0.3) is 0 Å². The van der Waals surface area contributed by atoms with E-state index >= 15 is 0 Å². The van der Waals surface area contributed by atoms with Crippen LogP contribution in [0.1, 0.15) is 89.5 Å². The number of benzene rings is 4. The summed E-state index contributed by atoms with van der Waals surface area (Å²) in [6.45, 7) is 13.0. The Morgan fingerprint density at radius 1 is 0.415 bits per heavy atom. The Balaban J connectivity index is 1.41. The van der Waals surface area contributed by atoms with Gasteiger partial charge in [-0.1, -0.05) is 90.1 Å². The summed E-state index contributed by atoms with van der Waals surface area (Å²) in [5, 5.41) is 0. The van der Waals surface area contributed by atoms with Gasteiger partial charge < -0.3 is 20.9 Å². The van der Waals surface area contributed by atoms with Crippen molar-refractivity contribution in [3.8, 4) is 23.0 Å². The van der Waals surface area contributed by atoms with Gasteiger partial charge in [0.2, 0.25) is 0 Å². The molecule has 41 heavy (non-hydrogen) atoms. The third-order valence-electron chi connectivity index (χ3n) is 9.01. The van der Waals surface area contributed by atoms with Crippen LogP contribution in [0, 0.1) is 0 Å². The normalized spacial score (nSPS) is 12.3. The van der Waals surface area contributed by atoms with Crippen LogP contribution in [0.5, 0.6) is 23.0 Å². The van der Waals surface area contributed by atoms with E-state index < -0.39 is 0 Å². The highest BCUT2D eigenvalue weighted by Crippen LogP contribution is 2.35. The van der Waals surface area contributed by atoms with Gasteiger partial charge in [0.05, 0.1) is 0 Å². The largest absolute Gasteiger partial charge is 0.457 e. The molecule has 0 aliphatic carbocycles. The minimum Gasteiger partial charge on any atom is -0.457 e. The predicted molar refractivity (Wildman–Crippen MR) is 171 cm³/mol. The second-order valence-corrected chi connectivity index (χ2v) is 11.7. The maximum Gasteiger partial charge on any atom is 0.127 e. The quantitative estimate of drug-likeness (QED) is 0.184. The highest BCUT2D eigenvalue weighted by atomic mass is 16.5. The van der Waals surface area contributed by atoms with Crippen molar-refractivity contribution in [1.29, 1.82) is 0 Å². The van der Waals surface area contributed by atoms with Gasteiger partial charge in [-0.05, 0) is 96.5 Å². The lowest BCUT2D eigenvalue weighted by atomic mass is 9.78. The summed E-state index contributed by atoms with van der Waals surface area (Å²) >= 11 is 0. The van der Waals surface area contributed by atoms with Gasteiger partial charge in [-0.25, -0.2) is 0 Å². The first-order chi connectivity index (χ1) is 19.6. The molecule has 0 aliphatic rings. The molecule has 0 aromatic heterocycles. The highest BCUT2D eigenvalue weighted by molar-refractivity contribution is 5.44. The maximum atomic E-state index is 6.54. The van der Waals surface area contributed by atoms with Crippen LogP contribution in [-0.2, 0) is 16.5 Å². The molecule has 0 aliphatic heterocycles. The van der Waals surface area contributed by atoms with Crippen LogP contribution in [0.2, 0.25) is 0 Å². The predicted octanol–water partition coefficient (Wildman–Crippen LogP) is 9.55. The zero-order valence-electron chi connectivity index (χ0n) is 25.5. The molecular weight excluding hydrogens is 504 g/mol. The number of rotatable bonds is 12. The number of nitrogens with two attached hydrogens (primary N) is 2. The van der Waals surface area contributed by atoms with E-state index in [1.54, 1.807) is 0 Å². The molecule has 0 unspecified atom stereocenters. The molecule has 0 fully saturated rings. The van der Waals surface area contributed by atoms with E-state index in [0.717, 1.165) is 59.8 Å². The lowest BCUT2D eigenvalue weighted by molar-refractivity contribution is 0.411. The zero-order chi connectivity index (χ0) is 29.7. The molecule has 0 spiro atoms. The van der Waals surface area contributed by atoms with Gasteiger partial charge >= 0.3 is 0 Å². The van der Waals surface area contributed by atoms with Crippen LogP contribution in [0.15, 0.2) is 97.1 Å². The van der Waals surface area contributed by atoms with Gasteiger partial charge in [-0.15, -0.1) is 0 Å². The molecule has 4 nitrogen and oxygen atoms in total. The van der Waals surface area contributed by atoms with Crippen LogP contribution >= 0.6 is 0 Å². The molecule has 4 N–H and O–H groups in total. The summed E-state index contributed by atoms with van der Waals surface area (Å²) in [4.78, 5) is 0. The molecule has 0 radical (unpaired) electrons. The molecule has 4 aromatic rings. The summed E-state index contributed by atoms with van der Waals surface area (Å²) in [6.07, 6.45) is 3.61. The van der Waals surface area contributed by atoms with Gasteiger partial charge in [0.1, 0.15) is 23.0 Å². The fourth-order valence-corrected chi connectivity index (χ4v) is 5.34. The third kappa shape index (κ3) is 6.66. The molecule has 0 bridgehead atoms. The SMILES string of the molecule is CCC(N)(CC)c1ccc(Oc2ccc(C(C)(C)c3ccc(Oc4ccc(C(N)(CC)CC)cc4)cc3)cc2)cc1. The molecular formula is C37H46N2O2. The number of hydrogen-bond acceptors (Lipinski definition) is 4. The van der Waals surface area contributed by atoms with Gasteiger partial charge in [0.15, 0.2) is 0 Å². The minimum absolute atomic E-state index is 0.185. The Bertz CT molecular complexity index is 1270. The van der Waals surface area contributed by atoms with E-state index in [4.69, 9.17) is 20.9 Å². The van der Waals surface area contributed by atoms with Crippen LogP contribution in [0.25, 0.3) is 0 Å². The Hall–Kier alpha value is -3.60. The van der Waals surface area contributed by atoms with Crippen molar-refractivity contribution in [2.75, 3.05) is 0 Å². The molecule has 0 atom stereocenters. The molecule has 0 saturated heterocycles. The summed E-state index contributed by atoms with van der Waals surface area (Å²) in [6, 6.07) is 33.0. The Labute approximate surface area is 246 Å². The first kappa shape index (κ1) is 30.4. The van der Waals surface area contributed by atoms with Crippen molar-refractivity contribution in [1.82, 2.24) is 0 Å². The van der Waals surface area contributed by atoms with Crippen molar-refractivity contribution in [2.45, 2.75) is 83.7 Å². The van der Waals surface area contributed by atoms with Crippen LogP contribution in [0.4, 0.5) is 0 Å². The lowest BCUT2D eigenvalue weighted by Gasteiger charge is -2.27. The molecule has 0 amide bonds. The standard InChI is InChI=1S/C37H46N2O2/c1-7-36(38,8-2)29-15-23-33(24-16-29)40-31-19-11-27(12-20-31)35(5,6)28-13-21-32(22-14-28)41-34-25-17-30(18-26-34)37(39,9-3)10-4/h11-26H,7-10,38-39H2,1-6H3. The van der Waals surface area contributed by atoms with E-state index in [2.05, 4.69) is 90.1 Å². The van der Waals surface area contributed by atoms with Crippen molar-refractivity contribution >= 4 is 0 Å². The Morgan fingerprint density at radius 2 is 0.634 bits per heavy atom. The molecule has 4 rings (SSSR count). The minimum atomic E-state index is -0.289. The van der Waals surface area contributed by atoms with Crippen molar-refractivity contribution in [2.24, 2.45) is 11.5 Å². The molecule has 216 valence electrons. The fraction of sp³-hybridized carbons (Fsp3) is 0.351. The fourth-order valence-electron chi connectivity index (χ4n) is 5.34. The first-order valence-corrected chi connectivity index (χ1v) is 14.9. The third-order valence-corrected chi connectivity index (χ3v) is 9.01. The van der Waals surface area contributed by atoms with Crippen LogP contribution in [-0.4, -0.2) is 0 Å². The van der Waals surface area contributed by atoms with Gasteiger partial charge in [-0.3, -0.25) is 0 Å². The van der Waals surface area contributed by atoms with Crippen molar-refractivity contribution < 1.29 is 9.47 Å². The summed E-state index contributed by atoms with van der Waals surface area (Å²) in [5.74, 6) is 3.22. The van der Waals surface area contributed by atoms with E-state index in [0.29, 0.717) is 0 Å². The number of ether oxygens (including phenoxy) is 2. The van der Waals surface area contributed by atoms with E-state index in [1.807, 2.05) is 48.5 Å². The maximum absolute atomic E-state index is 6.54. The smallest absolute Gasteiger partial charge is 0.127 e. The monoisotopic (exact) mass is 550 g/mol. The average molecular weight is 551 g/mol. The summed E-state index contributed by atoms with van der Waals surface area (Å²) in [5.41, 5.74) is 17.0. The summed E-state index contributed by atoms with van der Waals surface area (Å²) < 4.78 is 12.3. The van der Waals surface area contributed by atoms with Gasteiger partial charge in [-0.2, -0.15) is 0 Å². The summed E-state index contributed by atoms with van der Waals surface area (Å²) in [7, 11) is 0. The topological polar surface area (TPSA) is 70.5 Å². The molecule has 4 heteroatoms. The van der Waals surface area contributed by atoms with Crippen LogP contribution < -0.4 is 20.9 Å². The lowest BCUT2D eigenvalue weighted by Crippen LogP contribution is -2.34. The second kappa shape index (κ2) is 12.5. The molecule has 0 heterocycles. The second-order valence-electron chi connectivity index (χ2n) is 11.7. The highest BCUT2D eigenvalue weighted by Gasteiger charge is 2.25. The van der Waals surface area contributed by atoms with Gasteiger partial charge in [0, 0.05) is 16.5 Å². The number of hydrogen-bond donors (Lipinski definition) is 2. The van der Waals surface area contributed by atoms with Crippen LogP contribution in [0.3, 0.4) is 0 Å². The zero-order valence-corrected chi connectivity index (χ0v) is 25.5. The molecule has 4 aromatic carbocycles. The van der Waals surface area contributed by atoms with E-state index in [9.17, 15) is 0 Å². The Kier molecular flexibility index (Phi) is 9.26. The van der Waals surface area contributed by atoms with E-state index in [-0.39, 0.29) is 16.5 Å². The molecule has 0 saturated carbocycles. The van der Waals surface area contributed by atoms with Crippen molar-refractivity contribution in [3.63, 3.8) is 0 Å². The average Bonchev–Trinajstić information content (AvgIpc) is 3.01. The first-order valence-electron chi connectivity index (χ1n) is 14.9. The Morgan fingerprint density at radius 3 is 0.854 bits per heavy atom. The van der Waals surface area contributed by atoms with E-state index in [1.165, 1.54) is 11.1 Å².